The first-order valence-corrected chi connectivity index (χ1v) is 10.8. The van der Waals surface area contributed by atoms with E-state index in [0.717, 1.165) is 41.4 Å². The molecule has 0 saturated heterocycles. The van der Waals surface area contributed by atoms with Gasteiger partial charge in [-0.15, -0.1) is 0 Å². The number of halogens is 10. The van der Waals surface area contributed by atoms with Crippen LogP contribution in [0.3, 0.4) is 0 Å². The lowest BCUT2D eigenvalue weighted by atomic mass is 10.1. The van der Waals surface area contributed by atoms with Crippen LogP contribution in [-0.4, -0.2) is 41.4 Å². The number of alkyl halides is 10. The van der Waals surface area contributed by atoms with Gasteiger partial charge in [-0.2, -0.15) is 43.9 Å². The standard InChI is InChI=1S/C24H18F10N2O3/c25-21(26)24(33,34)39-17-6-1-3-14(9-17)12-36(13-20(37)23(30,31)32)15-4-2-5-16(10-15)38-19-7-8-35-11-18(19)22(27,28)29/h1-11,20-21,37H,12-13H2. The fourth-order valence-electron chi connectivity index (χ4n) is 3.26. The third kappa shape index (κ3) is 8.12. The maximum atomic E-state index is 13.3. The van der Waals surface area contributed by atoms with Gasteiger partial charge in [0.1, 0.15) is 22.8 Å². The van der Waals surface area contributed by atoms with Gasteiger partial charge in [-0.3, -0.25) is 4.98 Å². The largest absolute Gasteiger partial charge is 0.461 e. The molecule has 1 heterocycles. The van der Waals surface area contributed by atoms with Gasteiger partial charge in [-0.05, 0) is 35.9 Å². The Morgan fingerprint density at radius 2 is 1.54 bits per heavy atom. The highest BCUT2D eigenvalue weighted by Crippen LogP contribution is 2.38. The van der Waals surface area contributed by atoms with Crippen LogP contribution in [0.15, 0.2) is 67.0 Å². The van der Waals surface area contributed by atoms with Gasteiger partial charge in [-0.25, -0.2) is 0 Å². The average molecular weight is 572 g/mol. The number of aliphatic hydroxyl groups is 1. The highest BCUT2D eigenvalue weighted by Gasteiger charge is 2.44. The molecule has 5 nitrogen and oxygen atoms in total. The van der Waals surface area contributed by atoms with Crippen LogP contribution in [0.25, 0.3) is 0 Å². The molecule has 0 bridgehead atoms. The Morgan fingerprint density at radius 1 is 0.872 bits per heavy atom. The number of nitrogens with zero attached hydrogens (tertiary/aromatic N) is 2. The molecule has 212 valence electrons. The SMILES string of the molecule is OC(CN(Cc1cccc(OC(F)(F)C(F)F)c1)c1cccc(Oc2ccncc2C(F)(F)F)c1)C(F)(F)F. The van der Waals surface area contributed by atoms with Crippen LogP contribution in [0, 0.1) is 0 Å². The summed E-state index contributed by atoms with van der Waals surface area (Å²) in [6.45, 7) is -1.58. The fourth-order valence-corrected chi connectivity index (χ4v) is 3.26. The lowest BCUT2D eigenvalue weighted by molar-refractivity contribution is -0.253. The fraction of sp³-hybridized carbons (Fsp3) is 0.292. The van der Waals surface area contributed by atoms with E-state index in [1.165, 1.54) is 24.3 Å². The Bertz CT molecular complexity index is 1250. The van der Waals surface area contributed by atoms with E-state index in [1.807, 2.05) is 0 Å². The van der Waals surface area contributed by atoms with Crippen LogP contribution in [0.4, 0.5) is 49.6 Å². The van der Waals surface area contributed by atoms with Crippen molar-refractivity contribution < 1.29 is 58.5 Å². The second kappa shape index (κ2) is 11.6. The Balaban J connectivity index is 1.93. The summed E-state index contributed by atoms with van der Waals surface area (Å²) in [6, 6.07) is 9.98. The minimum Gasteiger partial charge on any atom is -0.457 e. The smallest absolute Gasteiger partial charge is 0.457 e. The number of anilines is 1. The van der Waals surface area contributed by atoms with E-state index in [-0.39, 0.29) is 17.0 Å². The molecule has 15 heteroatoms. The summed E-state index contributed by atoms with van der Waals surface area (Å²) in [6.07, 6.45) is -20.2. The summed E-state index contributed by atoms with van der Waals surface area (Å²) >= 11 is 0. The molecule has 0 aliphatic carbocycles. The van der Waals surface area contributed by atoms with E-state index in [2.05, 4.69) is 9.72 Å². The molecule has 0 aliphatic rings. The van der Waals surface area contributed by atoms with Gasteiger partial charge in [0.15, 0.2) is 6.10 Å². The third-order valence-electron chi connectivity index (χ3n) is 5.05. The average Bonchev–Trinajstić information content (AvgIpc) is 2.83. The molecule has 1 N–H and O–H groups in total. The van der Waals surface area contributed by atoms with Gasteiger partial charge < -0.3 is 19.5 Å². The first-order chi connectivity index (χ1) is 18.1. The lowest BCUT2D eigenvalue weighted by Gasteiger charge is -2.29. The van der Waals surface area contributed by atoms with Crippen molar-refractivity contribution in [3.05, 3.63) is 78.1 Å². The van der Waals surface area contributed by atoms with Crippen molar-refractivity contribution in [1.29, 1.82) is 0 Å². The molecule has 0 fully saturated rings. The number of aliphatic hydroxyl groups excluding tert-OH is 1. The molecule has 3 aromatic rings. The van der Waals surface area contributed by atoms with E-state index in [1.54, 1.807) is 0 Å². The van der Waals surface area contributed by atoms with Crippen molar-refractivity contribution in [1.82, 2.24) is 4.98 Å². The number of ether oxygens (including phenoxy) is 2. The number of rotatable bonds is 10. The minimum absolute atomic E-state index is 0.0201. The molecule has 2 aromatic carbocycles. The van der Waals surface area contributed by atoms with Gasteiger partial charge in [0.05, 0.1) is 6.54 Å². The molecule has 0 saturated carbocycles. The van der Waals surface area contributed by atoms with Gasteiger partial charge >= 0.3 is 24.9 Å². The maximum Gasteiger partial charge on any atom is 0.461 e. The van der Waals surface area contributed by atoms with Gasteiger partial charge in [-0.1, -0.05) is 18.2 Å². The van der Waals surface area contributed by atoms with Crippen LogP contribution in [0.5, 0.6) is 17.2 Å². The monoisotopic (exact) mass is 572 g/mol. The topological polar surface area (TPSA) is 54.8 Å². The zero-order chi connectivity index (χ0) is 29.0. The molecular weight excluding hydrogens is 554 g/mol. The molecule has 1 aromatic heterocycles. The zero-order valence-corrected chi connectivity index (χ0v) is 19.4. The number of pyridine rings is 1. The van der Waals surface area contributed by atoms with Crippen molar-refractivity contribution >= 4 is 5.69 Å². The highest BCUT2D eigenvalue weighted by atomic mass is 19.4. The maximum absolute atomic E-state index is 13.3. The number of benzene rings is 2. The van der Waals surface area contributed by atoms with E-state index < -0.39 is 61.1 Å². The number of hydrogen-bond donors (Lipinski definition) is 1. The second-order valence-corrected chi connectivity index (χ2v) is 8.02. The molecule has 0 radical (unpaired) electrons. The summed E-state index contributed by atoms with van der Waals surface area (Å²) in [7, 11) is 0. The quantitative estimate of drug-likeness (QED) is 0.264. The Labute approximate surface area is 214 Å². The summed E-state index contributed by atoms with van der Waals surface area (Å²) in [5.41, 5.74) is -1.26. The van der Waals surface area contributed by atoms with Crippen LogP contribution in [-0.2, 0) is 12.7 Å². The molecule has 0 spiro atoms. The van der Waals surface area contributed by atoms with Crippen LogP contribution in [0.1, 0.15) is 11.1 Å². The molecule has 39 heavy (non-hydrogen) atoms. The Kier molecular flexibility index (Phi) is 8.83. The molecule has 1 atom stereocenters. The molecule has 1 unspecified atom stereocenters. The summed E-state index contributed by atoms with van der Waals surface area (Å²) < 4.78 is 140. The predicted molar refractivity (Wildman–Crippen MR) is 117 cm³/mol. The first-order valence-electron chi connectivity index (χ1n) is 10.8. The van der Waals surface area contributed by atoms with Crippen molar-refractivity contribution in [3.63, 3.8) is 0 Å². The Morgan fingerprint density at radius 3 is 2.18 bits per heavy atom. The summed E-state index contributed by atoms with van der Waals surface area (Å²) in [5, 5.41) is 9.66. The number of aromatic nitrogens is 1. The van der Waals surface area contributed by atoms with E-state index in [0.29, 0.717) is 6.20 Å². The van der Waals surface area contributed by atoms with Crippen molar-refractivity contribution in [2.24, 2.45) is 0 Å². The van der Waals surface area contributed by atoms with Crippen LogP contribution < -0.4 is 14.4 Å². The molecular formula is C24H18F10N2O3. The zero-order valence-electron chi connectivity index (χ0n) is 19.4. The molecule has 0 amide bonds. The van der Waals surface area contributed by atoms with E-state index in [9.17, 15) is 49.0 Å². The van der Waals surface area contributed by atoms with E-state index in [4.69, 9.17) is 4.74 Å². The minimum atomic E-state index is -5.06. The normalized spacial score (nSPS) is 13.3. The van der Waals surface area contributed by atoms with Crippen LogP contribution in [0.2, 0.25) is 0 Å². The molecule has 3 rings (SSSR count). The predicted octanol–water partition coefficient (Wildman–Crippen LogP) is 7.06. The van der Waals surface area contributed by atoms with Gasteiger partial charge in [0.25, 0.3) is 0 Å². The van der Waals surface area contributed by atoms with E-state index >= 15 is 0 Å². The van der Waals surface area contributed by atoms with Gasteiger partial charge in [0.2, 0.25) is 0 Å². The van der Waals surface area contributed by atoms with Crippen molar-refractivity contribution in [2.75, 3.05) is 11.4 Å². The third-order valence-corrected chi connectivity index (χ3v) is 5.05. The number of hydrogen-bond acceptors (Lipinski definition) is 5. The second-order valence-electron chi connectivity index (χ2n) is 8.02. The van der Waals surface area contributed by atoms with Crippen molar-refractivity contribution in [3.8, 4) is 17.2 Å². The summed E-state index contributed by atoms with van der Waals surface area (Å²) in [4.78, 5) is 4.34. The summed E-state index contributed by atoms with van der Waals surface area (Å²) in [5.74, 6) is -1.56. The lowest BCUT2D eigenvalue weighted by Crippen LogP contribution is -2.40. The van der Waals surface area contributed by atoms with Gasteiger partial charge in [0, 0.05) is 30.7 Å². The Hall–Kier alpha value is -3.75. The highest BCUT2D eigenvalue weighted by molar-refractivity contribution is 5.53. The molecule has 0 aliphatic heterocycles. The van der Waals surface area contributed by atoms with Crippen LogP contribution >= 0.6 is 0 Å². The van der Waals surface area contributed by atoms with Crippen molar-refractivity contribution in [2.45, 2.75) is 37.5 Å². The first kappa shape index (κ1) is 29.8.